The zero-order valence-corrected chi connectivity index (χ0v) is 16.7. The zero-order valence-electron chi connectivity index (χ0n) is 15.1. The quantitative estimate of drug-likeness (QED) is 0.751. The highest BCUT2D eigenvalue weighted by Crippen LogP contribution is 2.31. The number of hydrogen-bond donors (Lipinski definition) is 2. The molecule has 0 aromatic carbocycles. The molecule has 0 atom stereocenters. The highest BCUT2D eigenvalue weighted by atomic mass is 79.9. The first kappa shape index (κ1) is 19.2. The molecule has 0 unspecified atom stereocenters. The van der Waals surface area contributed by atoms with Crippen LogP contribution in [0.25, 0.3) is 11.2 Å². The maximum Gasteiger partial charge on any atom is 0.165 e. The first-order valence-electron chi connectivity index (χ1n) is 8.36. The predicted octanol–water partition coefficient (Wildman–Crippen LogP) is 3.96. The number of hydrogen-bond acceptors (Lipinski definition) is 5. The highest BCUT2D eigenvalue weighted by Gasteiger charge is 2.18. The largest absolute Gasteiger partial charge is 0.383 e. The van der Waals surface area contributed by atoms with E-state index in [1.165, 1.54) is 13.0 Å². The average Bonchev–Trinajstić information content (AvgIpc) is 2.94. The van der Waals surface area contributed by atoms with E-state index in [0.717, 1.165) is 16.8 Å². The highest BCUT2D eigenvalue weighted by molar-refractivity contribution is 9.10. The van der Waals surface area contributed by atoms with Gasteiger partial charge >= 0.3 is 0 Å². The molecule has 3 rings (SSSR count). The maximum atomic E-state index is 13.5. The fourth-order valence-corrected chi connectivity index (χ4v) is 3.28. The van der Waals surface area contributed by atoms with Gasteiger partial charge in [-0.05, 0) is 53.7 Å². The lowest BCUT2D eigenvalue weighted by Gasteiger charge is -2.09. The van der Waals surface area contributed by atoms with Crippen molar-refractivity contribution in [2.75, 3.05) is 12.8 Å². The first-order valence-corrected chi connectivity index (χ1v) is 9.15. The maximum absolute atomic E-state index is 13.5. The third kappa shape index (κ3) is 3.77. The van der Waals surface area contributed by atoms with Crippen LogP contribution in [-0.2, 0) is 6.54 Å². The van der Waals surface area contributed by atoms with Gasteiger partial charge in [0.2, 0.25) is 0 Å². The third-order valence-electron chi connectivity index (χ3n) is 4.10. The van der Waals surface area contributed by atoms with Gasteiger partial charge in [-0.15, -0.1) is 0 Å². The Morgan fingerprint density at radius 2 is 2.30 bits per heavy atom. The van der Waals surface area contributed by atoms with Gasteiger partial charge in [0, 0.05) is 30.3 Å². The van der Waals surface area contributed by atoms with Gasteiger partial charge in [0.25, 0.3) is 0 Å². The number of fused-ring (bicyclic) bond motifs is 1. The summed E-state index contributed by atoms with van der Waals surface area (Å²) >= 11 is 3.48. The molecular formula is C19H20BrFN6. The predicted molar refractivity (Wildman–Crippen MR) is 111 cm³/mol. The van der Waals surface area contributed by atoms with E-state index >= 15 is 0 Å². The molecule has 0 aliphatic carbocycles. The molecule has 2 aromatic heterocycles. The van der Waals surface area contributed by atoms with Crippen LogP contribution < -0.4 is 11.1 Å². The van der Waals surface area contributed by atoms with E-state index in [2.05, 4.69) is 37.9 Å². The van der Waals surface area contributed by atoms with E-state index in [4.69, 9.17) is 10.7 Å². The Morgan fingerprint density at radius 1 is 1.52 bits per heavy atom. The Balaban J connectivity index is 2.21. The van der Waals surface area contributed by atoms with Crippen LogP contribution in [0.1, 0.15) is 24.6 Å². The molecule has 0 radical (unpaired) electrons. The molecule has 0 bridgehead atoms. The SMILES string of the molecule is C=CC1=C(/C=C(\C)F)C=C(c2cnn3c(N)c(Br)c(CNC)nc23)CC=N1. The fraction of sp³-hybridized carbons (Fsp3) is 0.211. The molecule has 0 fully saturated rings. The van der Waals surface area contributed by atoms with Crippen molar-refractivity contribution >= 4 is 39.2 Å². The zero-order chi connectivity index (χ0) is 19.6. The number of anilines is 1. The number of nitrogens with one attached hydrogen (secondary N) is 1. The normalized spacial score (nSPS) is 15.3. The van der Waals surface area contributed by atoms with E-state index in [9.17, 15) is 4.39 Å². The van der Waals surface area contributed by atoms with E-state index in [0.29, 0.717) is 40.2 Å². The van der Waals surface area contributed by atoms with Gasteiger partial charge in [0.05, 0.1) is 27.9 Å². The second kappa shape index (κ2) is 7.98. The summed E-state index contributed by atoms with van der Waals surface area (Å²) in [5.41, 5.74) is 10.7. The van der Waals surface area contributed by atoms with Crippen LogP contribution in [0.4, 0.5) is 10.2 Å². The number of nitrogens with two attached hydrogens (primary N) is 1. The minimum absolute atomic E-state index is 0.306. The summed E-state index contributed by atoms with van der Waals surface area (Å²) in [5.74, 6) is 0.168. The van der Waals surface area contributed by atoms with Gasteiger partial charge in [-0.2, -0.15) is 9.61 Å². The van der Waals surface area contributed by atoms with Gasteiger partial charge in [0.1, 0.15) is 5.82 Å². The van der Waals surface area contributed by atoms with E-state index in [-0.39, 0.29) is 5.83 Å². The van der Waals surface area contributed by atoms with Crippen molar-refractivity contribution in [2.45, 2.75) is 19.9 Å². The molecule has 0 amide bonds. The van der Waals surface area contributed by atoms with Crippen molar-refractivity contribution in [3.8, 4) is 0 Å². The van der Waals surface area contributed by atoms with Gasteiger partial charge in [-0.25, -0.2) is 9.37 Å². The molecule has 2 aromatic rings. The molecule has 0 saturated heterocycles. The Kier molecular flexibility index (Phi) is 5.67. The topological polar surface area (TPSA) is 80.6 Å². The standard InChI is InChI=1S/C19H20BrFN6/c1-4-15-13(7-11(2)21)8-12(5-6-24-15)14-9-25-27-18(22)17(20)16(10-23-3)26-19(14)27/h4,6-9,23H,1,5,10,22H2,2-3H3/b11-7+. The third-order valence-corrected chi connectivity index (χ3v) is 4.96. The van der Waals surface area contributed by atoms with Crippen LogP contribution in [0.2, 0.25) is 0 Å². The number of aromatic nitrogens is 3. The lowest BCUT2D eigenvalue weighted by Crippen LogP contribution is -2.12. The smallest absolute Gasteiger partial charge is 0.165 e. The molecule has 1 aliphatic rings. The number of nitrogen functional groups attached to an aromatic ring is 1. The summed E-state index contributed by atoms with van der Waals surface area (Å²) < 4.78 is 15.8. The first-order chi connectivity index (χ1) is 13.0. The molecular weight excluding hydrogens is 411 g/mol. The van der Waals surface area contributed by atoms with Crippen LogP contribution in [0.15, 0.2) is 57.6 Å². The summed E-state index contributed by atoms with van der Waals surface area (Å²) in [4.78, 5) is 9.09. The number of aliphatic imine (C=N–C) groups is 1. The molecule has 3 N–H and O–H groups in total. The molecule has 1 aliphatic heterocycles. The Bertz CT molecular complexity index is 1020. The molecule has 27 heavy (non-hydrogen) atoms. The van der Waals surface area contributed by atoms with Crippen LogP contribution >= 0.6 is 15.9 Å². The van der Waals surface area contributed by atoms with Crippen LogP contribution in [0, 0.1) is 0 Å². The van der Waals surface area contributed by atoms with Crippen molar-refractivity contribution < 1.29 is 4.39 Å². The lowest BCUT2D eigenvalue weighted by molar-refractivity contribution is 0.640. The molecule has 3 heterocycles. The van der Waals surface area contributed by atoms with E-state index in [1.807, 2.05) is 13.1 Å². The molecule has 0 saturated carbocycles. The van der Waals surface area contributed by atoms with Gasteiger partial charge in [-0.1, -0.05) is 6.58 Å². The van der Waals surface area contributed by atoms with Crippen molar-refractivity contribution in [3.05, 3.63) is 63.8 Å². The van der Waals surface area contributed by atoms with Crippen molar-refractivity contribution in [3.63, 3.8) is 0 Å². The van der Waals surface area contributed by atoms with Crippen LogP contribution in [0.5, 0.6) is 0 Å². The van der Waals surface area contributed by atoms with Crippen molar-refractivity contribution in [1.82, 2.24) is 19.9 Å². The molecule has 8 heteroatoms. The Morgan fingerprint density at radius 3 is 2.96 bits per heavy atom. The number of halogens is 2. The Labute approximate surface area is 165 Å². The number of rotatable bonds is 5. The summed E-state index contributed by atoms with van der Waals surface area (Å²) in [7, 11) is 1.84. The monoisotopic (exact) mass is 430 g/mol. The average molecular weight is 431 g/mol. The summed E-state index contributed by atoms with van der Waals surface area (Å²) in [5, 5.41) is 7.46. The Hall–Kier alpha value is -2.58. The van der Waals surface area contributed by atoms with Crippen molar-refractivity contribution in [2.24, 2.45) is 4.99 Å². The van der Waals surface area contributed by atoms with E-state index in [1.54, 1.807) is 23.0 Å². The van der Waals surface area contributed by atoms with Gasteiger partial charge in [-0.3, -0.25) is 4.99 Å². The lowest BCUT2D eigenvalue weighted by atomic mass is 10.0. The van der Waals surface area contributed by atoms with Gasteiger partial charge in [0.15, 0.2) is 5.65 Å². The van der Waals surface area contributed by atoms with Crippen molar-refractivity contribution in [1.29, 1.82) is 0 Å². The summed E-state index contributed by atoms with van der Waals surface area (Å²) in [6.45, 7) is 5.72. The van der Waals surface area contributed by atoms with Crippen LogP contribution in [0.3, 0.4) is 0 Å². The minimum atomic E-state index is -0.306. The summed E-state index contributed by atoms with van der Waals surface area (Å²) in [6.07, 6.45) is 8.99. The fourth-order valence-electron chi connectivity index (χ4n) is 2.88. The molecule has 140 valence electrons. The number of nitrogens with zero attached hydrogens (tertiary/aromatic N) is 4. The minimum Gasteiger partial charge on any atom is -0.383 e. The van der Waals surface area contributed by atoms with Crippen LogP contribution in [-0.4, -0.2) is 27.9 Å². The second-order valence-corrected chi connectivity index (χ2v) is 6.84. The van der Waals surface area contributed by atoms with E-state index < -0.39 is 0 Å². The molecule has 0 spiro atoms. The molecule has 6 nitrogen and oxygen atoms in total. The summed E-state index contributed by atoms with van der Waals surface area (Å²) in [6, 6.07) is 0. The van der Waals surface area contributed by atoms with Gasteiger partial charge < -0.3 is 11.1 Å². The second-order valence-electron chi connectivity index (χ2n) is 6.04. The number of allylic oxidation sites excluding steroid dienone is 6.